The van der Waals surface area contributed by atoms with Crippen LogP contribution in [0.25, 0.3) is 0 Å². The lowest BCUT2D eigenvalue weighted by Crippen LogP contribution is -2.27. The molecule has 0 fully saturated rings. The minimum atomic E-state index is -0.901. The second-order valence-electron chi connectivity index (χ2n) is 4.41. The highest BCUT2D eigenvalue weighted by atomic mass is 19.1. The Morgan fingerprint density at radius 1 is 1.04 bits per heavy atom. The molecule has 5 nitrogen and oxygen atoms in total. The Hall–Kier alpha value is -2.96. The molecule has 120 valence electrons. The van der Waals surface area contributed by atoms with E-state index in [2.05, 4.69) is 9.47 Å². The monoisotopic (exact) mass is 321 g/mol. The van der Waals surface area contributed by atoms with Gasteiger partial charge >= 0.3 is 11.9 Å². The number of methoxy groups -OCH3 is 2. The molecular formula is C16H13F2NO4. The molecule has 0 amide bonds. The summed E-state index contributed by atoms with van der Waals surface area (Å²) in [7, 11) is 2.28. The van der Waals surface area contributed by atoms with Gasteiger partial charge in [0.05, 0.1) is 25.5 Å². The zero-order chi connectivity index (χ0) is 17.0. The van der Waals surface area contributed by atoms with Gasteiger partial charge in [-0.3, -0.25) is 0 Å². The van der Waals surface area contributed by atoms with Crippen LogP contribution in [0.1, 0.15) is 0 Å². The Balaban J connectivity index is 2.68. The summed E-state index contributed by atoms with van der Waals surface area (Å²) in [5, 5.41) is 0. The molecule has 0 saturated carbocycles. The van der Waals surface area contributed by atoms with Gasteiger partial charge in [-0.1, -0.05) is 6.08 Å². The number of benzene rings is 1. The van der Waals surface area contributed by atoms with Gasteiger partial charge in [0.15, 0.2) is 0 Å². The third-order valence-corrected chi connectivity index (χ3v) is 3.06. The number of carbonyl (C=O) groups excluding carboxylic acids is 2. The number of allylic oxidation sites excluding steroid dienone is 2. The molecule has 0 unspecified atom stereocenters. The zero-order valence-electron chi connectivity index (χ0n) is 12.4. The molecule has 1 aliphatic rings. The van der Waals surface area contributed by atoms with Crippen molar-refractivity contribution in [2.75, 3.05) is 19.1 Å². The molecule has 0 spiro atoms. The normalized spacial score (nSPS) is 13.8. The number of hydrogen-bond acceptors (Lipinski definition) is 5. The van der Waals surface area contributed by atoms with Gasteiger partial charge in [-0.15, -0.1) is 0 Å². The summed E-state index contributed by atoms with van der Waals surface area (Å²) in [6, 6.07) is 2.86. The van der Waals surface area contributed by atoms with Crippen molar-refractivity contribution in [3.8, 4) is 0 Å². The molecule has 7 heteroatoms. The van der Waals surface area contributed by atoms with Crippen LogP contribution in [0.2, 0.25) is 0 Å². The average Bonchev–Trinajstić information content (AvgIpc) is 2.76. The molecule has 0 radical (unpaired) electrons. The molecule has 0 atom stereocenters. The van der Waals surface area contributed by atoms with Gasteiger partial charge in [-0.2, -0.15) is 0 Å². The summed E-state index contributed by atoms with van der Waals surface area (Å²) in [4.78, 5) is 25.1. The maximum Gasteiger partial charge on any atom is 0.355 e. The molecule has 0 bridgehead atoms. The van der Waals surface area contributed by atoms with Gasteiger partial charge in [0.2, 0.25) is 0 Å². The van der Waals surface area contributed by atoms with Crippen LogP contribution in [0, 0.1) is 11.6 Å². The standard InChI is InChI=1S/C16H13F2NO4/c1-22-15(20)11-5-3-4-8-19(14(11)16(21)23-2)13-7-6-10(17)9-12(13)18/h3-9H,1-2H3. The SMILES string of the molecule is COC(=O)C1=C(C(=O)OC)N(c2ccc(F)cc2F)C=CC=C1. The first-order valence-corrected chi connectivity index (χ1v) is 6.49. The Kier molecular flexibility index (Phi) is 4.90. The molecule has 0 N–H and O–H groups in total. The summed E-state index contributed by atoms with van der Waals surface area (Å²) in [5.41, 5.74) is -0.476. The zero-order valence-corrected chi connectivity index (χ0v) is 12.4. The van der Waals surface area contributed by atoms with E-state index in [-0.39, 0.29) is 17.0 Å². The van der Waals surface area contributed by atoms with Crippen molar-refractivity contribution in [3.63, 3.8) is 0 Å². The predicted octanol–water partition coefficient (Wildman–Crippen LogP) is 2.45. The molecule has 2 rings (SSSR count). The van der Waals surface area contributed by atoms with E-state index >= 15 is 0 Å². The summed E-state index contributed by atoms with van der Waals surface area (Å²) in [6.07, 6.45) is 5.67. The van der Waals surface area contributed by atoms with E-state index < -0.39 is 23.6 Å². The summed E-state index contributed by atoms with van der Waals surface area (Å²) < 4.78 is 36.5. The lowest BCUT2D eigenvalue weighted by Gasteiger charge is -2.23. The first-order valence-electron chi connectivity index (χ1n) is 6.49. The summed E-state index contributed by atoms with van der Waals surface area (Å²) in [6.45, 7) is 0. The quantitative estimate of drug-likeness (QED) is 0.801. The lowest BCUT2D eigenvalue weighted by molar-refractivity contribution is -0.139. The highest BCUT2D eigenvalue weighted by Gasteiger charge is 2.28. The minimum Gasteiger partial charge on any atom is -0.465 e. The van der Waals surface area contributed by atoms with E-state index in [1.54, 1.807) is 0 Å². The first kappa shape index (κ1) is 16.4. The smallest absolute Gasteiger partial charge is 0.355 e. The number of hydrogen-bond donors (Lipinski definition) is 0. The topological polar surface area (TPSA) is 55.8 Å². The molecule has 1 aromatic carbocycles. The molecule has 1 heterocycles. The number of rotatable bonds is 3. The molecule has 23 heavy (non-hydrogen) atoms. The summed E-state index contributed by atoms with van der Waals surface area (Å²) in [5.74, 6) is -3.33. The van der Waals surface area contributed by atoms with Crippen molar-refractivity contribution in [3.05, 3.63) is 65.5 Å². The number of nitrogens with zero attached hydrogens (tertiary/aromatic N) is 1. The molecule has 1 aromatic rings. The van der Waals surface area contributed by atoms with Crippen molar-refractivity contribution in [2.45, 2.75) is 0 Å². The largest absolute Gasteiger partial charge is 0.465 e. The molecule has 0 aromatic heterocycles. The van der Waals surface area contributed by atoms with E-state index in [9.17, 15) is 18.4 Å². The number of carbonyl (C=O) groups is 2. The van der Waals surface area contributed by atoms with E-state index in [0.717, 1.165) is 31.3 Å². The van der Waals surface area contributed by atoms with Crippen molar-refractivity contribution in [1.82, 2.24) is 0 Å². The van der Waals surface area contributed by atoms with Crippen LogP contribution < -0.4 is 4.90 Å². The fourth-order valence-corrected chi connectivity index (χ4v) is 2.03. The molecular weight excluding hydrogens is 308 g/mol. The lowest BCUT2D eigenvalue weighted by atomic mass is 10.1. The maximum atomic E-state index is 14.1. The third-order valence-electron chi connectivity index (χ3n) is 3.06. The molecule has 0 aliphatic carbocycles. The number of esters is 2. The fraction of sp³-hybridized carbons (Fsp3) is 0.125. The highest BCUT2D eigenvalue weighted by molar-refractivity contribution is 6.05. The van der Waals surface area contributed by atoms with Crippen LogP contribution in [-0.2, 0) is 19.1 Å². The van der Waals surface area contributed by atoms with Crippen LogP contribution in [-0.4, -0.2) is 26.2 Å². The van der Waals surface area contributed by atoms with Gasteiger partial charge in [0.1, 0.15) is 17.3 Å². The van der Waals surface area contributed by atoms with E-state index in [1.807, 2.05) is 0 Å². The highest BCUT2D eigenvalue weighted by Crippen LogP contribution is 2.28. The van der Waals surface area contributed by atoms with Crippen LogP contribution in [0.3, 0.4) is 0 Å². The molecule has 0 saturated heterocycles. The van der Waals surface area contributed by atoms with Crippen molar-refractivity contribution in [2.24, 2.45) is 0 Å². The maximum absolute atomic E-state index is 14.1. The van der Waals surface area contributed by atoms with Gasteiger partial charge in [0.25, 0.3) is 0 Å². The second kappa shape index (κ2) is 6.87. The Morgan fingerprint density at radius 2 is 1.74 bits per heavy atom. The Bertz CT molecular complexity index is 738. The van der Waals surface area contributed by atoms with Crippen LogP contribution in [0.5, 0.6) is 0 Å². The molecule has 1 aliphatic heterocycles. The van der Waals surface area contributed by atoms with Gasteiger partial charge in [0, 0.05) is 12.3 Å². The number of halogens is 2. The number of ether oxygens (including phenoxy) is 2. The van der Waals surface area contributed by atoms with E-state index in [0.29, 0.717) is 6.07 Å². The third kappa shape index (κ3) is 3.28. The summed E-state index contributed by atoms with van der Waals surface area (Å²) >= 11 is 0. The fourth-order valence-electron chi connectivity index (χ4n) is 2.03. The van der Waals surface area contributed by atoms with Crippen molar-refractivity contribution in [1.29, 1.82) is 0 Å². The van der Waals surface area contributed by atoms with Gasteiger partial charge in [-0.25, -0.2) is 18.4 Å². The first-order chi connectivity index (χ1) is 11.0. The Labute approximate surface area is 131 Å². The van der Waals surface area contributed by atoms with Crippen LogP contribution >= 0.6 is 0 Å². The van der Waals surface area contributed by atoms with Crippen molar-refractivity contribution < 1.29 is 27.8 Å². The van der Waals surface area contributed by atoms with Crippen LogP contribution in [0.4, 0.5) is 14.5 Å². The average molecular weight is 321 g/mol. The van der Waals surface area contributed by atoms with Crippen molar-refractivity contribution >= 4 is 17.6 Å². The van der Waals surface area contributed by atoms with Gasteiger partial charge < -0.3 is 14.4 Å². The minimum absolute atomic E-state index is 0.117. The number of anilines is 1. The van der Waals surface area contributed by atoms with E-state index in [4.69, 9.17) is 0 Å². The Morgan fingerprint density at radius 3 is 2.35 bits per heavy atom. The van der Waals surface area contributed by atoms with Crippen LogP contribution in [0.15, 0.2) is 53.9 Å². The van der Waals surface area contributed by atoms with Gasteiger partial charge in [-0.05, 0) is 24.3 Å². The predicted molar refractivity (Wildman–Crippen MR) is 78.2 cm³/mol. The second-order valence-corrected chi connectivity index (χ2v) is 4.41. The van der Waals surface area contributed by atoms with E-state index in [1.165, 1.54) is 24.4 Å².